The molecule has 4 rings (SSSR count). The van der Waals surface area contributed by atoms with E-state index < -0.39 is 0 Å². The lowest BCUT2D eigenvalue weighted by atomic mass is 10.1. The number of benzene rings is 3. The van der Waals surface area contributed by atoms with Gasteiger partial charge in [-0.1, -0.05) is 54.6 Å². The number of anilines is 2. The molecule has 0 aromatic heterocycles. The van der Waals surface area contributed by atoms with Crippen molar-refractivity contribution in [2.45, 2.75) is 11.3 Å². The monoisotopic (exact) mass is 388 g/mol. The van der Waals surface area contributed by atoms with Crippen molar-refractivity contribution in [3.05, 3.63) is 78.9 Å². The summed E-state index contributed by atoms with van der Waals surface area (Å²) in [4.78, 5) is 27.4. The lowest BCUT2D eigenvalue weighted by Crippen LogP contribution is -2.37. The van der Waals surface area contributed by atoms with Crippen LogP contribution in [0.2, 0.25) is 0 Å². The number of para-hydroxylation sites is 1. The topological polar surface area (TPSA) is 49.4 Å². The van der Waals surface area contributed by atoms with Gasteiger partial charge in [0.15, 0.2) is 0 Å². The molecule has 0 aliphatic carbocycles. The van der Waals surface area contributed by atoms with Crippen molar-refractivity contribution in [3.8, 4) is 11.1 Å². The average Bonchev–Trinajstić information content (AvgIpc) is 2.74. The van der Waals surface area contributed by atoms with Gasteiger partial charge >= 0.3 is 0 Å². The molecule has 1 aliphatic heterocycles. The number of hydrogen-bond acceptors (Lipinski definition) is 3. The molecule has 3 aromatic rings. The number of nitrogens with one attached hydrogen (secondary N) is 1. The third kappa shape index (κ3) is 4.10. The number of carbonyl (C=O) groups excluding carboxylic acids is 2. The van der Waals surface area contributed by atoms with Crippen molar-refractivity contribution >= 4 is 35.0 Å². The Balaban J connectivity index is 1.37. The molecule has 0 radical (unpaired) electrons. The molecule has 0 bridgehead atoms. The van der Waals surface area contributed by atoms with Crippen molar-refractivity contribution in [1.82, 2.24) is 0 Å². The summed E-state index contributed by atoms with van der Waals surface area (Å²) >= 11 is 1.55. The molecular weight excluding hydrogens is 368 g/mol. The molecule has 1 aliphatic rings. The molecular formula is C23H20N2O2S. The van der Waals surface area contributed by atoms with Crippen molar-refractivity contribution in [2.24, 2.45) is 0 Å². The largest absolute Gasteiger partial charge is 0.326 e. The van der Waals surface area contributed by atoms with E-state index in [1.165, 1.54) is 0 Å². The summed E-state index contributed by atoms with van der Waals surface area (Å²) in [7, 11) is 0. The van der Waals surface area contributed by atoms with E-state index in [0.29, 0.717) is 12.3 Å². The van der Waals surface area contributed by atoms with E-state index >= 15 is 0 Å². The summed E-state index contributed by atoms with van der Waals surface area (Å²) < 4.78 is 0. The minimum Gasteiger partial charge on any atom is -0.326 e. The van der Waals surface area contributed by atoms with Gasteiger partial charge in [0, 0.05) is 23.5 Å². The number of thioether (sulfide) groups is 1. The van der Waals surface area contributed by atoms with Crippen molar-refractivity contribution in [3.63, 3.8) is 0 Å². The Morgan fingerprint density at radius 1 is 0.893 bits per heavy atom. The number of fused-ring (bicyclic) bond motifs is 1. The van der Waals surface area contributed by atoms with Gasteiger partial charge in [0.1, 0.15) is 0 Å². The molecule has 0 unspecified atom stereocenters. The molecule has 1 heterocycles. The van der Waals surface area contributed by atoms with Gasteiger partial charge in [-0.05, 0) is 35.4 Å². The highest BCUT2D eigenvalue weighted by Gasteiger charge is 2.24. The fourth-order valence-corrected chi connectivity index (χ4v) is 4.15. The van der Waals surface area contributed by atoms with E-state index in [4.69, 9.17) is 0 Å². The van der Waals surface area contributed by atoms with Crippen LogP contribution < -0.4 is 10.2 Å². The Labute approximate surface area is 168 Å². The normalized spacial score (nSPS) is 13.1. The second-order valence-corrected chi connectivity index (χ2v) is 7.56. The predicted molar refractivity (Wildman–Crippen MR) is 115 cm³/mol. The first kappa shape index (κ1) is 18.3. The summed E-state index contributed by atoms with van der Waals surface area (Å²) in [6.07, 6.45) is 0.255. The lowest BCUT2D eigenvalue weighted by molar-refractivity contribution is -0.117. The van der Waals surface area contributed by atoms with E-state index in [1.54, 1.807) is 16.7 Å². The smallest absolute Gasteiger partial charge is 0.237 e. The van der Waals surface area contributed by atoms with Crippen LogP contribution in [0.25, 0.3) is 11.1 Å². The molecule has 2 amide bonds. The van der Waals surface area contributed by atoms with E-state index in [2.05, 4.69) is 17.4 Å². The third-order valence-corrected chi connectivity index (χ3v) is 5.69. The van der Waals surface area contributed by atoms with Crippen LogP contribution in [0.15, 0.2) is 83.8 Å². The maximum absolute atomic E-state index is 12.4. The maximum Gasteiger partial charge on any atom is 0.237 e. The summed E-state index contributed by atoms with van der Waals surface area (Å²) in [5.74, 6) is 0.360. The van der Waals surface area contributed by atoms with Gasteiger partial charge in [-0.15, -0.1) is 11.8 Å². The Kier molecular flexibility index (Phi) is 5.44. The minimum atomic E-state index is -0.101. The van der Waals surface area contributed by atoms with Crippen molar-refractivity contribution in [1.29, 1.82) is 0 Å². The van der Waals surface area contributed by atoms with Crippen LogP contribution >= 0.6 is 11.8 Å². The maximum atomic E-state index is 12.4. The van der Waals surface area contributed by atoms with Crippen LogP contribution in [-0.2, 0) is 9.59 Å². The lowest BCUT2D eigenvalue weighted by Gasteiger charge is -2.28. The molecule has 5 heteroatoms. The fourth-order valence-electron chi connectivity index (χ4n) is 3.21. The van der Waals surface area contributed by atoms with Gasteiger partial charge in [0.2, 0.25) is 11.8 Å². The van der Waals surface area contributed by atoms with Crippen LogP contribution in [0.1, 0.15) is 6.42 Å². The average molecular weight is 388 g/mol. The predicted octanol–water partition coefficient (Wildman–Crippen LogP) is 4.82. The van der Waals surface area contributed by atoms with Crippen LogP contribution in [0.5, 0.6) is 0 Å². The molecule has 140 valence electrons. The zero-order valence-electron chi connectivity index (χ0n) is 15.3. The highest BCUT2D eigenvalue weighted by Crippen LogP contribution is 2.34. The van der Waals surface area contributed by atoms with Gasteiger partial charge in [-0.25, -0.2) is 0 Å². The van der Waals surface area contributed by atoms with Crippen LogP contribution in [0, 0.1) is 0 Å². The zero-order valence-corrected chi connectivity index (χ0v) is 16.1. The number of amides is 2. The Morgan fingerprint density at radius 3 is 2.36 bits per heavy atom. The van der Waals surface area contributed by atoms with E-state index in [9.17, 15) is 9.59 Å². The van der Waals surface area contributed by atoms with E-state index in [0.717, 1.165) is 27.4 Å². The van der Waals surface area contributed by atoms with Crippen LogP contribution in [-0.4, -0.2) is 24.1 Å². The molecule has 0 saturated heterocycles. The molecule has 28 heavy (non-hydrogen) atoms. The van der Waals surface area contributed by atoms with Crippen molar-refractivity contribution in [2.75, 3.05) is 22.5 Å². The third-order valence-electron chi connectivity index (χ3n) is 4.65. The van der Waals surface area contributed by atoms with E-state index in [1.807, 2.05) is 66.7 Å². The molecule has 0 fully saturated rings. The highest BCUT2D eigenvalue weighted by molar-refractivity contribution is 8.00. The molecule has 4 nitrogen and oxygen atoms in total. The SMILES string of the molecule is O=C(CCN1C(=O)CSc2ccccc21)Nc1ccc(-c2ccccc2)cc1. The van der Waals surface area contributed by atoms with Gasteiger partial charge in [0.05, 0.1) is 11.4 Å². The quantitative estimate of drug-likeness (QED) is 0.682. The van der Waals surface area contributed by atoms with Crippen LogP contribution in [0.4, 0.5) is 11.4 Å². The first-order chi connectivity index (χ1) is 13.7. The fraction of sp³-hybridized carbons (Fsp3) is 0.130. The summed E-state index contributed by atoms with van der Waals surface area (Å²) in [6, 6.07) is 25.7. The Hall–Kier alpha value is -3.05. The minimum absolute atomic E-state index is 0.0451. The van der Waals surface area contributed by atoms with Gasteiger partial charge in [-0.2, -0.15) is 0 Å². The standard InChI is InChI=1S/C23H20N2O2S/c26-22(14-15-25-20-8-4-5-9-21(20)28-16-23(25)27)24-19-12-10-18(11-13-19)17-6-2-1-3-7-17/h1-13H,14-16H2,(H,24,26). The molecule has 0 spiro atoms. The number of hydrogen-bond donors (Lipinski definition) is 1. The summed E-state index contributed by atoms with van der Waals surface area (Å²) in [6.45, 7) is 0.379. The Morgan fingerprint density at radius 2 is 1.57 bits per heavy atom. The summed E-state index contributed by atoms with van der Waals surface area (Å²) in [5.41, 5.74) is 3.89. The second kappa shape index (κ2) is 8.31. The van der Waals surface area contributed by atoms with Crippen molar-refractivity contribution < 1.29 is 9.59 Å². The second-order valence-electron chi connectivity index (χ2n) is 6.54. The first-order valence-corrected chi connectivity index (χ1v) is 10.2. The number of carbonyl (C=O) groups is 2. The van der Waals surface area contributed by atoms with Crippen LogP contribution in [0.3, 0.4) is 0 Å². The molecule has 1 N–H and O–H groups in total. The van der Waals surface area contributed by atoms with Gasteiger partial charge in [0.25, 0.3) is 0 Å². The Bertz CT molecular complexity index is 987. The van der Waals surface area contributed by atoms with Gasteiger partial charge < -0.3 is 10.2 Å². The highest BCUT2D eigenvalue weighted by atomic mass is 32.2. The van der Waals surface area contributed by atoms with Gasteiger partial charge in [-0.3, -0.25) is 9.59 Å². The molecule has 3 aromatic carbocycles. The zero-order chi connectivity index (χ0) is 19.3. The molecule has 0 saturated carbocycles. The molecule has 0 atom stereocenters. The number of rotatable bonds is 5. The first-order valence-electron chi connectivity index (χ1n) is 9.18. The van der Waals surface area contributed by atoms with E-state index in [-0.39, 0.29) is 18.2 Å². The number of nitrogens with zero attached hydrogens (tertiary/aromatic N) is 1. The summed E-state index contributed by atoms with van der Waals surface area (Å²) in [5, 5.41) is 2.92.